The number of carbonyl (C=O) groups excluding carboxylic acids is 2. The first-order valence-corrected chi connectivity index (χ1v) is 6.37. The van der Waals surface area contributed by atoms with Gasteiger partial charge in [-0.15, -0.1) is 0 Å². The number of rotatable bonds is 5. The standard InChI is InChI=1S/C13H17N5O2/c1-2-18-10-6-4-3-5-9(10)16-13(18)17-12(20)8-15-11(19)7-14/h3-6H,2,7-8,14H2,1H3,(H,15,19)(H,16,17,20). The Balaban J connectivity index is 2.13. The number of para-hydroxylation sites is 2. The highest BCUT2D eigenvalue weighted by Gasteiger charge is 2.12. The summed E-state index contributed by atoms with van der Waals surface area (Å²) in [7, 11) is 0. The molecule has 1 aromatic heterocycles. The molecule has 2 rings (SSSR count). The molecule has 106 valence electrons. The van der Waals surface area contributed by atoms with Gasteiger partial charge in [-0.1, -0.05) is 12.1 Å². The number of imidazole rings is 1. The molecule has 1 aromatic carbocycles. The Kier molecular flexibility index (Phi) is 4.31. The molecule has 1 heterocycles. The van der Waals surface area contributed by atoms with Gasteiger partial charge in [0.25, 0.3) is 0 Å². The predicted molar refractivity (Wildman–Crippen MR) is 76.1 cm³/mol. The van der Waals surface area contributed by atoms with Crippen LogP contribution in [0.1, 0.15) is 6.92 Å². The topological polar surface area (TPSA) is 102 Å². The lowest BCUT2D eigenvalue weighted by Gasteiger charge is -2.08. The van der Waals surface area contributed by atoms with Gasteiger partial charge in [0.05, 0.1) is 24.1 Å². The van der Waals surface area contributed by atoms with Crippen LogP contribution in [-0.4, -0.2) is 34.5 Å². The molecule has 0 aliphatic rings. The molecule has 0 unspecified atom stereocenters. The van der Waals surface area contributed by atoms with Crippen LogP contribution in [0.3, 0.4) is 0 Å². The van der Waals surface area contributed by atoms with Crippen molar-refractivity contribution in [3.8, 4) is 0 Å². The van der Waals surface area contributed by atoms with Crippen LogP contribution >= 0.6 is 0 Å². The quantitative estimate of drug-likeness (QED) is 0.718. The average Bonchev–Trinajstić information content (AvgIpc) is 2.81. The van der Waals surface area contributed by atoms with Crippen molar-refractivity contribution in [3.05, 3.63) is 24.3 Å². The minimum absolute atomic E-state index is 0.122. The molecule has 2 aromatic rings. The molecule has 7 nitrogen and oxygen atoms in total. The lowest BCUT2D eigenvalue weighted by atomic mass is 10.3. The van der Waals surface area contributed by atoms with Gasteiger partial charge in [0.1, 0.15) is 0 Å². The van der Waals surface area contributed by atoms with Gasteiger partial charge in [-0.05, 0) is 19.1 Å². The highest BCUT2D eigenvalue weighted by atomic mass is 16.2. The minimum atomic E-state index is -0.371. The summed E-state index contributed by atoms with van der Waals surface area (Å²) in [5.74, 6) is -0.235. The lowest BCUT2D eigenvalue weighted by molar-refractivity contribution is -0.123. The summed E-state index contributed by atoms with van der Waals surface area (Å²) in [5.41, 5.74) is 6.92. The zero-order valence-electron chi connectivity index (χ0n) is 11.2. The van der Waals surface area contributed by atoms with E-state index in [0.29, 0.717) is 12.5 Å². The number of nitrogens with two attached hydrogens (primary N) is 1. The third kappa shape index (κ3) is 2.94. The van der Waals surface area contributed by atoms with Gasteiger partial charge in [-0.2, -0.15) is 0 Å². The van der Waals surface area contributed by atoms with E-state index in [1.54, 1.807) is 0 Å². The normalized spacial score (nSPS) is 10.5. The maximum atomic E-state index is 11.8. The molecule has 0 bridgehead atoms. The summed E-state index contributed by atoms with van der Waals surface area (Å²) in [5, 5.41) is 5.10. The molecule has 0 saturated carbocycles. The third-order valence-corrected chi connectivity index (χ3v) is 2.85. The van der Waals surface area contributed by atoms with E-state index in [2.05, 4.69) is 15.6 Å². The van der Waals surface area contributed by atoms with Gasteiger partial charge in [-0.25, -0.2) is 4.98 Å². The first-order valence-electron chi connectivity index (χ1n) is 6.37. The first kappa shape index (κ1) is 14.0. The van der Waals surface area contributed by atoms with Crippen LogP contribution in [0.25, 0.3) is 11.0 Å². The molecule has 0 atom stereocenters. The SMILES string of the molecule is CCn1c(NC(=O)CNC(=O)CN)nc2ccccc21. The van der Waals surface area contributed by atoms with Crippen molar-refractivity contribution in [2.24, 2.45) is 5.73 Å². The molecular formula is C13H17N5O2. The van der Waals surface area contributed by atoms with Crippen LogP contribution in [-0.2, 0) is 16.1 Å². The largest absolute Gasteiger partial charge is 0.346 e. The van der Waals surface area contributed by atoms with Crippen LogP contribution in [0.2, 0.25) is 0 Å². The number of aryl methyl sites for hydroxylation is 1. The van der Waals surface area contributed by atoms with Crippen LogP contribution in [0.5, 0.6) is 0 Å². The van der Waals surface area contributed by atoms with E-state index < -0.39 is 0 Å². The molecule has 4 N–H and O–H groups in total. The summed E-state index contributed by atoms with van der Waals surface area (Å²) < 4.78 is 1.90. The summed E-state index contributed by atoms with van der Waals surface area (Å²) in [6.45, 7) is 2.40. The number of fused-ring (bicyclic) bond motifs is 1. The molecule has 7 heteroatoms. The maximum Gasteiger partial charge on any atom is 0.246 e. The number of nitrogens with zero attached hydrogens (tertiary/aromatic N) is 2. The highest BCUT2D eigenvalue weighted by molar-refractivity contribution is 5.95. The van der Waals surface area contributed by atoms with Crippen molar-refractivity contribution in [3.63, 3.8) is 0 Å². The van der Waals surface area contributed by atoms with E-state index in [-0.39, 0.29) is 24.9 Å². The second-order valence-corrected chi connectivity index (χ2v) is 4.20. The fourth-order valence-corrected chi connectivity index (χ4v) is 1.91. The van der Waals surface area contributed by atoms with Gasteiger partial charge in [0, 0.05) is 6.54 Å². The average molecular weight is 275 g/mol. The van der Waals surface area contributed by atoms with E-state index in [1.165, 1.54) is 0 Å². The van der Waals surface area contributed by atoms with E-state index >= 15 is 0 Å². The van der Waals surface area contributed by atoms with Gasteiger partial charge >= 0.3 is 0 Å². The lowest BCUT2D eigenvalue weighted by Crippen LogP contribution is -2.36. The molecule has 0 radical (unpaired) electrons. The Morgan fingerprint density at radius 2 is 2.05 bits per heavy atom. The zero-order chi connectivity index (χ0) is 14.5. The van der Waals surface area contributed by atoms with Crippen LogP contribution < -0.4 is 16.4 Å². The highest BCUT2D eigenvalue weighted by Crippen LogP contribution is 2.18. The Labute approximate surface area is 116 Å². The molecular weight excluding hydrogens is 258 g/mol. The van der Waals surface area contributed by atoms with Crippen molar-refractivity contribution in [1.82, 2.24) is 14.9 Å². The molecule has 20 heavy (non-hydrogen) atoms. The van der Waals surface area contributed by atoms with E-state index in [4.69, 9.17) is 5.73 Å². The number of hydrogen-bond acceptors (Lipinski definition) is 4. The Morgan fingerprint density at radius 3 is 2.75 bits per heavy atom. The second-order valence-electron chi connectivity index (χ2n) is 4.20. The summed E-state index contributed by atoms with van der Waals surface area (Å²) in [4.78, 5) is 27.1. The van der Waals surface area contributed by atoms with Crippen molar-refractivity contribution in [2.75, 3.05) is 18.4 Å². The summed E-state index contributed by atoms with van der Waals surface area (Å²) >= 11 is 0. The number of amides is 2. The molecule has 0 fully saturated rings. The van der Waals surface area contributed by atoms with Crippen molar-refractivity contribution < 1.29 is 9.59 Å². The number of aromatic nitrogens is 2. The summed E-state index contributed by atoms with van der Waals surface area (Å²) in [6, 6.07) is 7.64. The molecule has 2 amide bonds. The summed E-state index contributed by atoms with van der Waals surface area (Å²) in [6.07, 6.45) is 0. The van der Waals surface area contributed by atoms with Crippen molar-refractivity contribution >= 4 is 28.8 Å². The molecule has 0 saturated heterocycles. The minimum Gasteiger partial charge on any atom is -0.346 e. The van der Waals surface area contributed by atoms with Gasteiger partial charge in [0.2, 0.25) is 17.8 Å². The number of carbonyl (C=O) groups is 2. The fraction of sp³-hybridized carbons (Fsp3) is 0.308. The van der Waals surface area contributed by atoms with Crippen molar-refractivity contribution in [2.45, 2.75) is 13.5 Å². The van der Waals surface area contributed by atoms with Gasteiger partial charge in [0.15, 0.2) is 0 Å². The maximum absolute atomic E-state index is 11.8. The van der Waals surface area contributed by atoms with Crippen molar-refractivity contribution in [1.29, 1.82) is 0 Å². The number of anilines is 1. The number of nitrogens with one attached hydrogen (secondary N) is 2. The first-order chi connectivity index (χ1) is 9.65. The van der Waals surface area contributed by atoms with Gasteiger partial charge < -0.3 is 15.6 Å². The Morgan fingerprint density at radius 1 is 1.30 bits per heavy atom. The monoisotopic (exact) mass is 275 g/mol. The van der Waals surface area contributed by atoms with Crippen LogP contribution in [0.4, 0.5) is 5.95 Å². The van der Waals surface area contributed by atoms with E-state index in [0.717, 1.165) is 11.0 Å². The number of hydrogen-bond donors (Lipinski definition) is 3. The van der Waals surface area contributed by atoms with Gasteiger partial charge in [-0.3, -0.25) is 14.9 Å². The van der Waals surface area contributed by atoms with E-state index in [1.807, 2.05) is 35.8 Å². The van der Waals surface area contributed by atoms with Crippen LogP contribution in [0.15, 0.2) is 24.3 Å². The smallest absolute Gasteiger partial charge is 0.246 e. The zero-order valence-corrected chi connectivity index (χ0v) is 11.2. The third-order valence-electron chi connectivity index (χ3n) is 2.85. The molecule has 0 aliphatic carbocycles. The Bertz CT molecular complexity index is 635. The second kappa shape index (κ2) is 6.16. The van der Waals surface area contributed by atoms with E-state index in [9.17, 15) is 9.59 Å². The molecule has 0 spiro atoms. The Hall–Kier alpha value is -2.41. The van der Waals surface area contributed by atoms with Crippen LogP contribution in [0, 0.1) is 0 Å². The predicted octanol–water partition coefficient (Wildman–Crippen LogP) is 0.0696. The molecule has 0 aliphatic heterocycles. The number of benzene rings is 1. The fourth-order valence-electron chi connectivity index (χ4n) is 1.91.